The van der Waals surface area contributed by atoms with Gasteiger partial charge in [0.25, 0.3) is 0 Å². The number of hydrogen-bond donors (Lipinski definition) is 1. The molecule has 2 atom stereocenters. The molecule has 2 aromatic carbocycles. The van der Waals surface area contributed by atoms with Crippen LogP contribution in [0.4, 0.5) is 0 Å². The molecule has 0 aliphatic rings. The number of thiazole rings is 1. The fourth-order valence-corrected chi connectivity index (χ4v) is 5.34. The molecule has 0 fully saturated rings. The van der Waals surface area contributed by atoms with Gasteiger partial charge in [-0.15, -0.1) is 11.3 Å². The van der Waals surface area contributed by atoms with Gasteiger partial charge in [-0.1, -0.05) is 46.6 Å². The summed E-state index contributed by atoms with van der Waals surface area (Å²) in [4.78, 5) is 25.1. The Bertz CT molecular complexity index is 1150. The maximum absolute atomic E-state index is 12.1. The minimum absolute atomic E-state index is 0.138. The number of nitrogens with two attached hydrogens (primary N) is 1. The van der Waals surface area contributed by atoms with Crippen LogP contribution in [0.25, 0.3) is 10.2 Å². The molecular weight excluding hydrogens is 536 g/mol. The van der Waals surface area contributed by atoms with E-state index in [-0.39, 0.29) is 12.2 Å². The van der Waals surface area contributed by atoms with Crippen LogP contribution in [0.5, 0.6) is 11.5 Å². The van der Waals surface area contributed by atoms with Crippen LogP contribution >= 0.6 is 11.3 Å². The zero-order valence-corrected chi connectivity index (χ0v) is 27.7. The van der Waals surface area contributed by atoms with E-state index in [0.717, 1.165) is 45.8 Å². The van der Waals surface area contributed by atoms with Crippen LogP contribution in [0.2, 0.25) is 0 Å². The number of ether oxygens (including phenoxy) is 3. The van der Waals surface area contributed by atoms with Gasteiger partial charge in [-0.05, 0) is 80.8 Å². The number of Topliss-reactive ketones (excluding diaryl/α,β-unsaturated/α-hetero) is 1. The van der Waals surface area contributed by atoms with Crippen molar-refractivity contribution in [1.82, 2.24) is 4.98 Å². The van der Waals surface area contributed by atoms with Crippen molar-refractivity contribution in [2.45, 2.75) is 80.6 Å². The molecule has 1 amide bonds. The zero-order chi connectivity index (χ0) is 31.4. The zero-order valence-electron chi connectivity index (χ0n) is 26.8. The summed E-state index contributed by atoms with van der Waals surface area (Å²) in [5, 5.41) is 0.971. The number of methoxy groups -OCH3 is 3. The van der Waals surface area contributed by atoms with Crippen LogP contribution in [0.15, 0.2) is 30.3 Å². The lowest BCUT2D eigenvalue weighted by molar-refractivity contribution is -0.106. The minimum atomic E-state index is 0.138. The van der Waals surface area contributed by atoms with E-state index in [0.29, 0.717) is 17.7 Å². The molecule has 0 aliphatic carbocycles. The number of fused-ring (bicyclic) bond motifs is 1. The lowest BCUT2D eigenvalue weighted by atomic mass is 9.94. The number of amides is 1. The number of aromatic nitrogens is 1. The third-order valence-electron chi connectivity index (χ3n) is 6.35. The number of aryl methyl sites for hydroxylation is 3. The second kappa shape index (κ2) is 21.7. The van der Waals surface area contributed by atoms with Crippen LogP contribution in [0.1, 0.15) is 86.3 Å². The topological polar surface area (TPSA) is 101 Å². The van der Waals surface area contributed by atoms with Gasteiger partial charge in [0.15, 0.2) is 5.78 Å². The summed E-state index contributed by atoms with van der Waals surface area (Å²) in [6.45, 7) is 15.9. The SMILES string of the molecule is CCCC(=O)c1c(OC)ccc2nc(C)sc12.CCCC(C)CC(C)COC.COc1ccc(C)c(C)c1.NC=O. The van der Waals surface area contributed by atoms with Crippen molar-refractivity contribution in [3.63, 3.8) is 0 Å². The van der Waals surface area contributed by atoms with E-state index in [1.807, 2.05) is 38.1 Å². The van der Waals surface area contributed by atoms with Crippen LogP contribution in [0.3, 0.4) is 0 Å². The second-order valence-electron chi connectivity index (χ2n) is 10.2. The van der Waals surface area contributed by atoms with Gasteiger partial charge in [0.2, 0.25) is 6.41 Å². The number of rotatable bonds is 11. The molecule has 0 saturated carbocycles. The Balaban J connectivity index is 0.000000583. The third kappa shape index (κ3) is 14.5. The molecule has 8 heteroatoms. The number of carbonyl (C=O) groups is 2. The lowest BCUT2D eigenvalue weighted by Crippen LogP contribution is -2.08. The Labute approximate surface area is 251 Å². The molecule has 230 valence electrons. The minimum Gasteiger partial charge on any atom is -0.497 e. The number of primary amides is 1. The summed E-state index contributed by atoms with van der Waals surface area (Å²) in [7, 11) is 5.06. The summed E-state index contributed by atoms with van der Waals surface area (Å²) in [6, 6.07) is 9.80. The molecule has 1 heterocycles. The van der Waals surface area contributed by atoms with Crippen LogP contribution < -0.4 is 15.2 Å². The summed E-state index contributed by atoms with van der Waals surface area (Å²) >= 11 is 1.55. The van der Waals surface area contributed by atoms with E-state index < -0.39 is 0 Å². The normalized spacial score (nSPS) is 11.5. The Hall–Kier alpha value is -2.97. The summed E-state index contributed by atoms with van der Waals surface area (Å²) < 4.78 is 16.4. The molecule has 3 aromatic rings. The quantitative estimate of drug-likeness (QED) is 0.179. The van der Waals surface area contributed by atoms with Crippen molar-refractivity contribution < 1.29 is 23.8 Å². The van der Waals surface area contributed by atoms with Crippen molar-refractivity contribution in [2.75, 3.05) is 27.9 Å². The van der Waals surface area contributed by atoms with Crippen molar-refractivity contribution in [3.05, 3.63) is 52.0 Å². The largest absolute Gasteiger partial charge is 0.497 e. The standard InChI is InChI=1S/C13H15NO2S.C10H22O.C9H12O.CH3NO/c1-4-5-10(15)12-11(16-3)7-6-9-13(12)17-8(2)14-9;1-5-6-9(2)7-10(3)8-11-4;1-7-4-5-9(10-3)6-8(7)2;2-1-3/h6-7H,4-5H2,1-3H3;9-10H,5-8H2,1-4H3;4-6H,1-3H3;1H,(H2,2,3). The molecule has 0 bridgehead atoms. The van der Waals surface area contributed by atoms with Crippen molar-refractivity contribution >= 4 is 33.7 Å². The maximum Gasteiger partial charge on any atom is 0.204 e. The first kappa shape index (κ1) is 38.0. The maximum atomic E-state index is 12.1. The monoisotopic (exact) mass is 588 g/mol. The van der Waals surface area contributed by atoms with Crippen LogP contribution in [-0.4, -0.2) is 45.1 Å². The predicted octanol–water partition coefficient (Wildman–Crippen LogP) is 8.10. The first-order valence-corrected chi connectivity index (χ1v) is 15.1. The van der Waals surface area contributed by atoms with Crippen molar-refractivity contribution in [2.24, 2.45) is 17.6 Å². The molecule has 0 radical (unpaired) electrons. The van der Waals surface area contributed by atoms with Gasteiger partial charge in [0.1, 0.15) is 11.5 Å². The molecule has 0 saturated heterocycles. The molecule has 0 spiro atoms. The van der Waals surface area contributed by atoms with E-state index in [1.165, 1.54) is 30.4 Å². The Morgan fingerprint density at radius 1 is 0.976 bits per heavy atom. The summed E-state index contributed by atoms with van der Waals surface area (Å²) in [5.41, 5.74) is 8.32. The van der Waals surface area contributed by atoms with Crippen LogP contribution in [0, 0.1) is 32.6 Å². The second-order valence-corrected chi connectivity index (χ2v) is 11.4. The highest BCUT2D eigenvalue weighted by molar-refractivity contribution is 7.19. The third-order valence-corrected chi connectivity index (χ3v) is 7.36. The van der Waals surface area contributed by atoms with E-state index in [9.17, 15) is 4.79 Å². The summed E-state index contributed by atoms with van der Waals surface area (Å²) in [5.74, 6) is 3.31. The Morgan fingerprint density at radius 3 is 2.15 bits per heavy atom. The predicted molar refractivity (Wildman–Crippen MR) is 173 cm³/mol. The smallest absolute Gasteiger partial charge is 0.204 e. The molecule has 1 aromatic heterocycles. The van der Waals surface area contributed by atoms with E-state index in [2.05, 4.69) is 51.4 Å². The first-order valence-electron chi connectivity index (χ1n) is 14.3. The number of carbonyl (C=O) groups excluding carboxylic acids is 2. The molecule has 41 heavy (non-hydrogen) atoms. The van der Waals surface area contributed by atoms with E-state index >= 15 is 0 Å². The van der Waals surface area contributed by atoms with Gasteiger partial charge in [-0.2, -0.15) is 0 Å². The van der Waals surface area contributed by atoms with Gasteiger partial charge in [-0.25, -0.2) is 4.98 Å². The van der Waals surface area contributed by atoms with E-state index in [4.69, 9.17) is 19.0 Å². The highest BCUT2D eigenvalue weighted by Gasteiger charge is 2.18. The average Bonchev–Trinajstić information content (AvgIpc) is 3.31. The number of benzene rings is 2. The Kier molecular flexibility index (Phi) is 20.2. The molecule has 2 unspecified atom stereocenters. The molecule has 7 nitrogen and oxygen atoms in total. The average molecular weight is 589 g/mol. The van der Waals surface area contributed by atoms with Gasteiger partial charge in [0, 0.05) is 20.1 Å². The molecule has 3 rings (SSSR count). The van der Waals surface area contributed by atoms with E-state index in [1.54, 1.807) is 32.7 Å². The van der Waals surface area contributed by atoms with Gasteiger partial charge >= 0.3 is 0 Å². The number of nitrogens with zero attached hydrogens (tertiary/aromatic N) is 1. The van der Waals surface area contributed by atoms with Crippen LogP contribution in [-0.2, 0) is 9.53 Å². The lowest BCUT2D eigenvalue weighted by Gasteiger charge is -2.15. The first-order chi connectivity index (χ1) is 19.5. The van der Waals surface area contributed by atoms with Crippen molar-refractivity contribution in [3.8, 4) is 11.5 Å². The highest BCUT2D eigenvalue weighted by atomic mass is 32.1. The number of hydrogen-bond acceptors (Lipinski definition) is 7. The Morgan fingerprint density at radius 2 is 1.63 bits per heavy atom. The highest BCUT2D eigenvalue weighted by Crippen LogP contribution is 2.33. The van der Waals surface area contributed by atoms with Gasteiger partial charge in [0.05, 0.1) is 35.0 Å². The fourth-order valence-electron chi connectivity index (χ4n) is 4.36. The summed E-state index contributed by atoms with van der Waals surface area (Å²) in [6.07, 6.45) is 5.61. The number of ketones is 1. The van der Waals surface area contributed by atoms with Crippen molar-refractivity contribution in [1.29, 1.82) is 0 Å². The molecule has 2 N–H and O–H groups in total. The van der Waals surface area contributed by atoms with Gasteiger partial charge < -0.3 is 19.9 Å². The molecule has 0 aliphatic heterocycles. The van der Waals surface area contributed by atoms with Gasteiger partial charge in [-0.3, -0.25) is 9.59 Å². The fraction of sp³-hybridized carbons (Fsp3) is 0.545. The molecular formula is C33H52N2O5S.